The second-order valence-electron chi connectivity index (χ2n) is 6.28. The first kappa shape index (κ1) is 18.8. The summed E-state index contributed by atoms with van der Waals surface area (Å²) in [4.78, 5) is 17.9. The van der Waals surface area contributed by atoms with Gasteiger partial charge in [0.25, 0.3) is 5.91 Å². The second kappa shape index (κ2) is 8.58. The van der Waals surface area contributed by atoms with Gasteiger partial charge in [0.2, 0.25) is 6.10 Å². The predicted molar refractivity (Wildman–Crippen MR) is 103 cm³/mol. The van der Waals surface area contributed by atoms with Gasteiger partial charge in [-0.25, -0.2) is 0 Å². The number of oxime groups is 1. The Hall–Kier alpha value is -3.02. The fraction of sp³-hybridized carbons (Fsp3) is 0.333. The van der Waals surface area contributed by atoms with E-state index in [1.165, 1.54) is 0 Å². The molecule has 0 bridgehead atoms. The lowest BCUT2D eigenvalue weighted by atomic mass is 10.0. The molecule has 0 saturated heterocycles. The normalized spacial score (nSPS) is 16.9. The van der Waals surface area contributed by atoms with Crippen LogP contribution in [0.1, 0.15) is 37.4 Å². The summed E-state index contributed by atoms with van der Waals surface area (Å²) in [6.45, 7) is 4.40. The van der Waals surface area contributed by atoms with E-state index >= 15 is 0 Å². The number of benzene rings is 2. The summed E-state index contributed by atoms with van der Waals surface area (Å²) in [5.74, 6) is 1.13. The van der Waals surface area contributed by atoms with Gasteiger partial charge < -0.3 is 19.6 Å². The molecule has 2 atom stereocenters. The lowest BCUT2D eigenvalue weighted by Crippen LogP contribution is -2.36. The van der Waals surface area contributed by atoms with Gasteiger partial charge >= 0.3 is 0 Å². The summed E-state index contributed by atoms with van der Waals surface area (Å²) >= 11 is 0. The molecular formula is C21H24N2O4. The number of carbonyl (C=O) groups is 1. The van der Waals surface area contributed by atoms with Crippen LogP contribution in [0.25, 0.3) is 0 Å². The fourth-order valence-corrected chi connectivity index (χ4v) is 2.94. The van der Waals surface area contributed by atoms with Crippen molar-refractivity contribution in [1.29, 1.82) is 0 Å². The molecule has 0 fully saturated rings. The highest BCUT2D eigenvalue weighted by molar-refractivity contribution is 6.04. The van der Waals surface area contributed by atoms with E-state index in [0.717, 1.165) is 16.8 Å². The molecule has 0 aromatic heterocycles. The first-order chi connectivity index (χ1) is 13.1. The van der Waals surface area contributed by atoms with E-state index in [9.17, 15) is 4.79 Å². The second-order valence-corrected chi connectivity index (χ2v) is 6.28. The Morgan fingerprint density at radius 2 is 2.04 bits per heavy atom. The van der Waals surface area contributed by atoms with Crippen molar-refractivity contribution >= 4 is 11.6 Å². The van der Waals surface area contributed by atoms with Crippen LogP contribution in [0.3, 0.4) is 0 Å². The van der Waals surface area contributed by atoms with Crippen LogP contribution in [0.4, 0.5) is 0 Å². The zero-order chi connectivity index (χ0) is 19.2. The topological polar surface area (TPSA) is 69.2 Å². The van der Waals surface area contributed by atoms with E-state index in [4.69, 9.17) is 14.3 Å². The molecule has 0 radical (unpaired) electrons. The first-order valence-electron chi connectivity index (χ1n) is 9.01. The van der Waals surface area contributed by atoms with Crippen LogP contribution in [0.5, 0.6) is 11.5 Å². The smallest absolute Gasteiger partial charge is 0.264 e. The number of carbonyl (C=O) groups excluding carboxylic acids is 1. The number of rotatable bonds is 7. The first-order valence-corrected chi connectivity index (χ1v) is 9.01. The quantitative estimate of drug-likeness (QED) is 0.813. The maximum absolute atomic E-state index is 12.6. The van der Waals surface area contributed by atoms with Crippen LogP contribution >= 0.6 is 0 Å². The van der Waals surface area contributed by atoms with Crippen molar-refractivity contribution in [3.05, 3.63) is 59.7 Å². The summed E-state index contributed by atoms with van der Waals surface area (Å²) < 4.78 is 10.9. The molecule has 1 aliphatic heterocycles. The van der Waals surface area contributed by atoms with Gasteiger partial charge in [-0.2, -0.15) is 0 Å². The standard InChI is InChI=1S/C21H24N2O4/c1-4-26-18-11-10-16(12-19(18)25-3)14(2)22-21(24)20-13-17(23-27-20)15-8-6-5-7-9-15/h5-12,14,20H,4,13H2,1-3H3,(H,22,24)/t14-,20+/m1/s1. The molecule has 1 amide bonds. The number of methoxy groups -OCH3 is 1. The number of hydrogen-bond acceptors (Lipinski definition) is 5. The lowest BCUT2D eigenvalue weighted by Gasteiger charge is -2.18. The van der Waals surface area contributed by atoms with Crippen molar-refractivity contribution in [2.75, 3.05) is 13.7 Å². The highest BCUT2D eigenvalue weighted by Crippen LogP contribution is 2.30. The summed E-state index contributed by atoms with van der Waals surface area (Å²) in [6, 6.07) is 15.2. The maximum atomic E-state index is 12.6. The number of ether oxygens (including phenoxy) is 2. The van der Waals surface area contributed by atoms with E-state index in [1.807, 2.05) is 62.4 Å². The van der Waals surface area contributed by atoms with Crippen molar-refractivity contribution < 1.29 is 19.1 Å². The van der Waals surface area contributed by atoms with Crippen LogP contribution in [-0.2, 0) is 9.63 Å². The molecule has 27 heavy (non-hydrogen) atoms. The SMILES string of the molecule is CCOc1ccc([C@@H](C)NC(=O)[C@@H]2CC(c3ccccc3)=NO2)cc1OC. The molecule has 0 unspecified atom stereocenters. The molecule has 3 rings (SSSR count). The van der Waals surface area contributed by atoms with Crippen LogP contribution in [0, 0.1) is 0 Å². The average Bonchev–Trinajstić information content (AvgIpc) is 3.19. The number of amides is 1. The van der Waals surface area contributed by atoms with Crippen LogP contribution in [-0.4, -0.2) is 31.4 Å². The van der Waals surface area contributed by atoms with E-state index < -0.39 is 6.10 Å². The maximum Gasteiger partial charge on any atom is 0.264 e. The van der Waals surface area contributed by atoms with Gasteiger partial charge in [-0.3, -0.25) is 4.79 Å². The van der Waals surface area contributed by atoms with Gasteiger partial charge in [0.15, 0.2) is 11.5 Å². The summed E-state index contributed by atoms with van der Waals surface area (Å²) in [5.41, 5.74) is 2.68. The van der Waals surface area contributed by atoms with Crippen molar-refractivity contribution in [2.24, 2.45) is 5.16 Å². The summed E-state index contributed by atoms with van der Waals surface area (Å²) in [7, 11) is 1.60. The highest BCUT2D eigenvalue weighted by atomic mass is 16.6. The van der Waals surface area contributed by atoms with E-state index in [-0.39, 0.29) is 11.9 Å². The highest BCUT2D eigenvalue weighted by Gasteiger charge is 2.29. The molecular weight excluding hydrogens is 344 g/mol. The zero-order valence-electron chi connectivity index (χ0n) is 15.8. The third-order valence-electron chi connectivity index (χ3n) is 4.41. The Bertz CT molecular complexity index is 820. The molecule has 142 valence electrons. The third kappa shape index (κ3) is 4.39. The molecule has 6 heteroatoms. The predicted octanol–water partition coefficient (Wildman–Crippen LogP) is 3.46. The Labute approximate surface area is 159 Å². The molecule has 1 aliphatic rings. The zero-order valence-corrected chi connectivity index (χ0v) is 15.8. The van der Waals surface area contributed by atoms with Gasteiger partial charge in [-0.15, -0.1) is 0 Å². The van der Waals surface area contributed by atoms with E-state index in [1.54, 1.807) is 7.11 Å². The molecule has 0 saturated carbocycles. The Morgan fingerprint density at radius 3 is 2.74 bits per heavy atom. The molecule has 0 spiro atoms. The molecule has 0 aliphatic carbocycles. The number of nitrogens with zero attached hydrogens (tertiary/aromatic N) is 1. The number of hydrogen-bond donors (Lipinski definition) is 1. The third-order valence-corrected chi connectivity index (χ3v) is 4.41. The van der Waals surface area contributed by atoms with Crippen LogP contribution in [0.2, 0.25) is 0 Å². The fourth-order valence-electron chi connectivity index (χ4n) is 2.94. The van der Waals surface area contributed by atoms with Gasteiger partial charge in [-0.05, 0) is 37.1 Å². The van der Waals surface area contributed by atoms with Crippen molar-refractivity contribution in [3.8, 4) is 11.5 Å². The summed E-state index contributed by atoms with van der Waals surface area (Å²) in [5, 5.41) is 7.05. The Balaban J connectivity index is 1.61. The van der Waals surface area contributed by atoms with Crippen LogP contribution in [0.15, 0.2) is 53.7 Å². The minimum atomic E-state index is -0.618. The van der Waals surface area contributed by atoms with Gasteiger partial charge in [0.05, 0.1) is 25.5 Å². The van der Waals surface area contributed by atoms with Crippen molar-refractivity contribution in [2.45, 2.75) is 32.4 Å². The average molecular weight is 368 g/mol. The van der Waals surface area contributed by atoms with E-state index in [0.29, 0.717) is 24.5 Å². The molecule has 2 aromatic rings. The minimum absolute atomic E-state index is 0.190. The molecule has 1 heterocycles. The monoisotopic (exact) mass is 368 g/mol. The summed E-state index contributed by atoms with van der Waals surface area (Å²) in [6.07, 6.45) is -0.165. The lowest BCUT2D eigenvalue weighted by molar-refractivity contribution is -0.131. The molecule has 2 aromatic carbocycles. The minimum Gasteiger partial charge on any atom is -0.493 e. The van der Waals surface area contributed by atoms with Gasteiger partial charge in [0.1, 0.15) is 0 Å². The van der Waals surface area contributed by atoms with Crippen molar-refractivity contribution in [1.82, 2.24) is 5.32 Å². The Morgan fingerprint density at radius 1 is 1.26 bits per heavy atom. The molecule has 1 N–H and O–H groups in total. The van der Waals surface area contributed by atoms with Crippen LogP contribution < -0.4 is 14.8 Å². The van der Waals surface area contributed by atoms with Gasteiger partial charge in [0, 0.05) is 6.42 Å². The Kier molecular flexibility index (Phi) is 5.96. The molecule has 6 nitrogen and oxygen atoms in total. The van der Waals surface area contributed by atoms with E-state index in [2.05, 4.69) is 10.5 Å². The van der Waals surface area contributed by atoms with Crippen molar-refractivity contribution in [3.63, 3.8) is 0 Å². The van der Waals surface area contributed by atoms with Gasteiger partial charge in [-0.1, -0.05) is 41.6 Å². The number of nitrogens with one attached hydrogen (secondary N) is 1. The largest absolute Gasteiger partial charge is 0.493 e.